The molecule has 1 aromatic carbocycles. The molecule has 0 saturated heterocycles. The third kappa shape index (κ3) is 2.31. The van der Waals surface area contributed by atoms with Crippen molar-refractivity contribution in [2.75, 3.05) is 0 Å². The van der Waals surface area contributed by atoms with E-state index in [1.807, 2.05) is 11.8 Å². The summed E-state index contributed by atoms with van der Waals surface area (Å²) in [5.41, 5.74) is 5.01. The van der Waals surface area contributed by atoms with Gasteiger partial charge in [0.2, 0.25) is 0 Å². The van der Waals surface area contributed by atoms with E-state index in [-0.39, 0.29) is 0 Å². The molecule has 1 heterocycles. The van der Waals surface area contributed by atoms with Gasteiger partial charge in [-0.05, 0) is 52.2 Å². The largest absolute Gasteiger partial charge is 0.106 e. The van der Waals surface area contributed by atoms with Crippen LogP contribution in [0.15, 0.2) is 40.8 Å². The van der Waals surface area contributed by atoms with Crippen LogP contribution in [-0.2, 0) is 0 Å². The first-order valence-corrected chi connectivity index (χ1v) is 13.0. The van der Waals surface area contributed by atoms with Gasteiger partial charge in [-0.25, -0.2) is 0 Å². The van der Waals surface area contributed by atoms with Crippen LogP contribution in [-0.4, -0.2) is 12.2 Å². The minimum Gasteiger partial charge on any atom is -0.106 e. The molecule has 23 heavy (non-hydrogen) atoms. The third-order valence-corrected chi connectivity index (χ3v) is 11.2. The van der Waals surface area contributed by atoms with Gasteiger partial charge >= 0.3 is 0 Å². The second-order valence-corrected chi connectivity index (χ2v) is 14.6. The van der Waals surface area contributed by atoms with Gasteiger partial charge in [0, 0.05) is 4.90 Å². The van der Waals surface area contributed by atoms with Crippen LogP contribution in [0.1, 0.15) is 18.1 Å². The summed E-state index contributed by atoms with van der Waals surface area (Å²) in [6, 6.07) is 2.46. The Balaban J connectivity index is 2.00. The number of fused-ring (bicyclic) bond motifs is 2. The van der Waals surface area contributed by atoms with Crippen LogP contribution in [0.4, 0.5) is 0 Å². The van der Waals surface area contributed by atoms with Gasteiger partial charge in [-0.3, -0.25) is 0 Å². The molecule has 1 aliphatic heterocycles. The molecule has 1 unspecified atom stereocenters. The van der Waals surface area contributed by atoms with Crippen LogP contribution in [0.5, 0.6) is 0 Å². The van der Waals surface area contributed by atoms with E-state index in [1.165, 1.54) is 32.0 Å². The fourth-order valence-electron chi connectivity index (χ4n) is 4.24. The monoisotopic (exact) mass is 400 g/mol. The molecule has 0 aromatic heterocycles. The highest BCUT2D eigenvalue weighted by atomic mass is 79.9. The predicted molar refractivity (Wildman–Crippen MR) is 110 cm³/mol. The lowest BCUT2D eigenvalue weighted by Gasteiger charge is -2.30. The Labute approximate surface area is 151 Å². The zero-order valence-corrected chi connectivity index (χ0v) is 17.4. The van der Waals surface area contributed by atoms with E-state index in [9.17, 15) is 0 Å². The number of halogens is 1. The van der Waals surface area contributed by atoms with Crippen LogP contribution in [0, 0.1) is 6.92 Å². The summed E-state index contributed by atoms with van der Waals surface area (Å²) < 4.78 is 0.415. The molecule has 3 heteroatoms. The van der Waals surface area contributed by atoms with Gasteiger partial charge < -0.3 is 0 Å². The van der Waals surface area contributed by atoms with Crippen LogP contribution >= 0.6 is 27.7 Å². The van der Waals surface area contributed by atoms with Crippen molar-refractivity contribution in [3.63, 3.8) is 0 Å². The van der Waals surface area contributed by atoms with E-state index < -0.39 is 8.07 Å². The van der Waals surface area contributed by atoms with Crippen molar-refractivity contribution in [3.8, 4) is 0 Å². The minimum atomic E-state index is -1.58. The van der Waals surface area contributed by atoms with E-state index in [1.54, 1.807) is 5.20 Å². The van der Waals surface area contributed by atoms with Gasteiger partial charge in [-0.2, -0.15) is 0 Å². The van der Waals surface area contributed by atoms with E-state index >= 15 is 0 Å². The van der Waals surface area contributed by atoms with E-state index in [0.29, 0.717) is 9.70 Å². The number of rotatable bonds is 2. The van der Waals surface area contributed by atoms with E-state index in [4.69, 9.17) is 0 Å². The van der Waals surface area contributed by atoms with Crippen LogP contribution in [0.3, 0.4) is 0 Å². The zero-order valence-electron chi connectivity index (χ0n) is 14.0. The first kappa shape index (κ1) is 15.7. The van der Waals surface area contributed by atoms with Gasteiger partial charge in [0.1, 0.15) is 0 Å². The molecule has 0 radical (unpaired) electrons. The molecule has 0 nitrogen and oxygen atoms in total. The Bertz CT molecular complexity index is 906. The average molecular weight is 401 g/mol. The van der Waals surface area contributed by atoms with Gasteiger partial charge in [-0.1, -0.05) is 71.1 Å². The zero-order chi connectivity index (χ0) is 16.4. The van der Waals surface area contributed by atoms with Gasteiger partial charge in [0.25, 0.3) is 0 Å². The Kier molecular flexibility index (Phi) is 3.67. The van der Waals surface area contributed by atoms with Crippen LogP contribution in [0.25, 0.3) is 17.3 Å². The maximum atomic E-state index is 3.74. The molecule has 2 aliphatic carbocycles. The predicted octanol–water partition coefficient (Wildman–Crippen LogP) is 4.91. The number of allylic oxidation sites excluding steroid dienone is 5. The molecule has 0 amide bonds. The van der Waals surface area contributed by atoms with E-state index in [2.05, 4.69) is 85.4 Å². The normalized spacial score (nSPS) is 22.4. The van der Waals surface area contributed by atoms with Crippen molar-refractivity contribution in [1.82, 2.24) is 0 Å². The molecular formula is C20H21BrSSi. The molecule has 0 N–H and O–H groups in total. The van der Waals surface area contributed by atoms with Crippen molar-refractivity contribution < 1.29 is 0 Å². The SMILES string of the molecule is CC1=Cc2c(C)c3c(cc2=C1[Si](C)(C)C1C=CC=C1)SC(Br)C=3. The Morgan fingerprint density at radius 1 is 1.13 bits per heavy atom. The molecule has 118 valence electrons. The molecule has 0 fully saturated rings. The summed E-state index contributed by atoms with van der Waals surface area (Å²) in [6.45, 7) is 9.64. The third-order valence-electron chi connectivity index (χ3n) is 5.43. The fourth-order valence-corrected chi connectivity index (χ4v) is 9.59. The number of alkyl halides is 1. The van der Waals surface area contributed by atoms with Crippen molar-refractivity contribution in [2.24, 2.45) is 0 Å². The van der Waals surface area contributed by atoms with Crippen LogP contribution < -0.4 is 10.4 Å². The summed E-state index contributed by atoms with van der Waals surface area (Å²) in [5, 5.41) is 4.59. The first-order chi connectivity index (χ1) is 10.9. The lowest BCUT2D eigenvalue weighted by atomic mass is 10.1. The summed E-state index contributed by atoms with van der Waals surface area (Å²) in [5.74, 6) is 0. The van der Waals surface area contributed by atoms with Gasteiger partial charge in [-0.15, -0.1) is 11.8 Å². The molecular weight excluding hydrogens is 380 g/mol. The van der Waals surface area contributed by atoms with Crippen LogP contribution in [0.2, 0.25) is 18.6 Å². The molecule has 0 saturated carbocycles. The van der Waals surface area contributed by atoms with Gasteiger partial charge in [0.15, 0.2) is 0 Å². The molecule has 4 rings (SSSR count). The molecule has 1 atom stereocenters. The lowest BCUT2D eigenvalue weighted by Crippen LogP contribution is -2.36. The quantitative estimate of drug-likeness (QED) is 0.501. The van der Waals surface area contributed by atoms with Crippen molar-refractivity contribution in [2.45, 2.75) is 41.5 Å². The van der Waals surface area contributed by atoms with Crippen molar-refractivity contribution >= 4 is 53.1 Å². The highest BCUT2D eigenvalue weighted by Crippen LogP contribution is 2.40. The Morgan fingerprint density at radius 3 is 2.52 bits per heavy atom. The molecule has 3 aliphatic rings. The first-order valence-electron chi connectivity index (χ1n) is 8.14. The molecule has 1 aromatic rings. The summed E-state index contributed by atoms with van der Waals surface area (Å²) in [7, 11) is -1.58. The smallest absolute Gasteiger partial charge is 0.0923 e. The second kappa shape index (κ2) is 5.37. The highest BCUT2D eigenvalue weighted by molar-refractivity contribution is 9.11. The maximum Gasteiger partial charge on any atom is 0.0923 e. The fraction of sp³-hybridized carbons (Fsp3) is 0.300. The molecule has 0 bridgehead atoms. The number of benzene rings is 1. The van der Waals surface area contributed by atoms with E-state index in [0.717, 1.165) is 0 Å². The second-order valence-electron chi connectivity index (χ2n) is 7.23. The van der Waals surface area contributed by atoms with Crippen molar-refractivity contribution in [1.29, 1.82) is 0 Å². The average Bonchev–Trinajstić information content (AvgIpc) is 3.17. The Morgan fingerprint density at radius 2 is 1.83 bits per heavy atom. The summed E-state index contributed by atoms with van der Waals surface area (Å²) in [4.78, 5) is 1.44. The number of thioether (sulfide) groups is 1. The maximum absolute atomic E-state index is 3.74. The lowest BCUT2D eigenvalue weighted by molar-refractivity contribution is 1.26. The number of hydrogen-bond acceptors (Lipinski definition) is 1. The summed E-state index contributed by atoms with van der Waals surface area (Å²) >= 11 is 5.67. The minimum absolute atomic E-state index is 0.415. The standard InChI is InChI=1S/C20H21BrSSi/c1-12-9-15-13(2)16-11-19(21)22-18(16)10-17(15)20(12)23(3,4)14-7-5-6-8-14/h5-11,14,19H,1-4H3. The topological polar surface area (TPSA) is 0 Å². The Hall–Kier alpha value is -0.773. The highest BCUT2D eigenvalue weighted by Gasteiger charge is 2.37. The molecule has 0 spiro atoms. The van der Waals surface area contributed by atoms with Crippen molar-refractivity contribution in [3.05, 3.63) is 57.5 Å². The number of hydrogen-bond donors (Lipinski definition) is 0. The van der Waals surface area contributed by atoms with Gasteiger partial charge in [0.05, 0.1) is 12.2 Å². The summed E-state index contributed by atoms with van der Waals surface area (Å²) in [6.07, 6.45) is 14.0.